The fourth-order valence-electron chi connectivity index (χ4n) is 5.77. The summed E-state index contributed by atoms with van der Waals surface area (Å²) in [4.78, 5) is 24.8. The third-order valence-electron chi connectivity index (χ3n) is 8.07. The number of carbonyl (C=O) groups is 2. The monoisotopic (exact) mass is 616 g/mol. The van der Waals surface area contributed by atoms with Crippen LogP contribution in [0.2, 0.25) is 5.02 Å². The van der Waals surface area contributed by atoms with Gasteiger partial charge >= 0.3 is 5.97 Å². The third kappa shape index (κ3) is 6.11. The van der Waals surface area contributed by atoms with Crippen LogP contribution in [0.5, 0.6) is 0 Å². The molecule has 2 bridgehead atoms. The molecule has 0 radical (unpaired) electrons. The van der Waals surface area contributed by atoms with Gasteiger partial charge in [-0.15, -0.1) is 0 Å². The molecule has 3 atom stereocenters. The molecule has 2 unspecified atom stereocenters. The van der Waals surface area contributed by atoms with E-state index in [1.165, 1.54) is 12.1 Å². The highest BCUT2D eigenvalue weighted by atomic mass is 35.5. The van der Waals surface area contributed by atoms with E-state index < -0.39 is 56.1 Å². The van der Waals surface area contributed by atoms with E-state index in [0.717, 1.165) is 6.07 Å². The summed E-state index contributed by atoms with van der Waals surface area (Å²) in [7, 11) is -4.05. The number of hydrogen-bond acceptors (Lipinski definition) is 7. The molecule has 41 heavy (non-hydrogen) atoms. The number of hydrogen-bond donors (Lipinski definition) is 3. The molecular formula is C28H32ClF3N2O6S. The summed E-state index contributed by atoms with van der Waals surface area (Å²) in [5.41, 5.74) is -1.68. The van der Waals surface area contributed by atoms with Crippen LogP contribution in [0.15, 0.2) is 35.2 Å². The molecule has 3 N–H and O–H groups in total. The van der Waals surface area contributed by atoms with E-state index in [4.69, 9.17) is 16.3 Å². The minimum Gasteiger partial charge on any atom is -0.465 e. The van der Waals surface area contributed by atoms with E-state index >= 15 is 0 Å². The van der Waals surface area contributed by atoms with Crippen molar-refractivity contribution in [1.82, 2.24) is 5.32 Å². The predicted molar refractivity (Wildman–Crippen MR) is 146 cm³/mol. The summed E-state index contributed by atoms with van der Waals surface area (Å²) in [6.07, 6.45) is 0.949. The normalized spacial score (nSPS) is 24.5. The van der Waals surface area contributed by atoms with Crippen LogP contribution in [0.4, 0.5) is 18.9 Å². The van der Waals surface area contributed by atoms with Gasteiger partial charge in [-0.2, -0.15) is 0 Å². The second kappa shape index (κ2) is 11.9. The number of rotatable bonds is 10. The summed E-state index contributed by atoms with van der Waals surface area (Å²) >= 11 is 6.24. The number of ether oxygens (including phenoxy) is 1. The lowest BCUT2D eigenvalue weighted by Crippen LogP contribution is -2.67. The van der Waals surface area contributed by atoms with Gasteiger partial charge in [0, 0.05) is 29.9 Å². The summed E-state index contributed by atoms with van der Waals surface area (Å²) in [6.45, 7) is 5.77. The van der Waals surface area contributed by atoms with Crippen LogP contribution in [-0.4, -0.2) is 55.4 Å². The van der Waals surface area contributed by atoms with Crippen molar-refractivity contribution in [2.24, 2.45) is 17.8 Å². The molecule has 5 rings (SSSR count). The van der Waals surface area contributed by atoms with Gasteiger partial charge in [0.1, 0.15) is 6.04 Å². The topological polar surface area (TPSA) is 122 Å². The Morgan fingerprint density at radius 3 is 2.27 bits per heavy atom. The molecule has 0 spiro atoms. The number of esters is 1. The van der Waals surface area contributed by atoms with Crippen molar-refractivity contribution in [2.75, 3.05) is 18.5 Å². The zero-order chi connectivity index (χ0) is 30.3. The number of benzene rings is 2. The Bertz CT molecular complexity index is 1420. The number of aliphatic hydroxyl groups is 1. The maximum absolute atomic E-state index is 13.6. The second-order valence-corrected chi connectivity index (χ2v) is 13.6. The van der Waals surface area contributed by atoms with Gasteiger partial charge in [-0.25, -0.2) is 21.6 Å². The van der Waals surface area contributed by atoms with E-state index in [2.05, 4.69) is 10.6 Å². The molecule has 1 amide bonds. The van der Waals surface area contributed by atoms with Gasteiger partial charge < -0.3 is 20.5 Å². The van der Waals surface area contributed by atoms with Gasteiger partial charge in [0.2, 0.25) is 0 Å². The van der Waals surface area contributed by atoms with Crippen molar-refractivity contribution in [2.45, 2.75) is 61.8 Å². The standard InChI is InChI=1S/C28H32ClF3N2O6S/c1-4-40-27(36)25(14(2)3)33-13-28(37)16-8-17(28)10-19(9-16)41(38,39)23-7-15(5-6-20(23)29)26(35)34-18-11-21(30)24(32)22(31)12-18/h5-7,11-12,14,16-17,19,25,33,37H,4,8-10,13H2,1-3H3,(H,34,35)/t16?,17?,19-,25-,28-/m0/s1. The maximum Gasteiger partial charge on any atom is 0.323 e. The number of sulfone groups is 1. The molecular weight excluding hydrogens is 585 g/mol. The van der Waals surface area contributed by atoms with Crippen molar-refractivity contribution >= 4 is 39.0 Å². The summed E-state index contributed by atoms with van der Waals surface area (Å²) in [5, 5.41) is 15.7. The Morgan fingerprint density at radius 2 is 1.71 bits per heavy atom. The molecule has 3 fully saturated rings. The number of halogens is 4. The Morgan fingerprint density at radius 1 is 1.10 bits per heavy atom. The number of nitrogens with one attached hydrogen (secondary N) is 2. The van der Waals surface area contributed by atoms with E-state index in [1.54, 1.807) is 6.92 Å². The molecule has 0 heterocycles. The Balaban J connectivity index is 1.48. The second-order valence-electron chi connectivity index (χ2n) is 11.0. The van der Waals surface area contributed by atoms with Crippen molar-refractivity contribution in [3.8, 4) is 0 Å². The molecule has 3 aliphatic rings. The molecule has 0 saturated heterocycles. The summed E-state index contributed by atoms with van der Waals surface area (Å²) < 4.78 is 72.8. The summed E-state index contributed by atoms with van der Waals surface area (Å²) in [6, 6.07) is 4.17. The minimum atomic E-state index is -4.05. The van der Waals surface area contributed by atoms with Crippen LogP contribution >= 0.6 is 11.6 Å². The SMILES string of the molecule is CCOC(=O)[C@@H](NC[C@]1(O)C2CC1C[C@@H](S(=O)(=O)c1cc(C(=O)Nc3cc(F)c(F)c(F)c3)ccc1Cl)C2)C(C)C. The van der Waals surface area contributed by atoms with Crippen LogP contribution in [0.3, 0.4) is 0 Å². The molecule has 0 aromatic heterocycles. The highest BCUT2D eigenvalue weighted by molar-refractivity contribution is 7.92. The highest BCUT2D eigenvalue weighted by Crippen LogP contribution is 2.55. The van der Waals surface area contributed by atoms with Crippen molar-refractivity contribution < 1.29 is 41.0 Å². The quantitative estimate of drug-likeness (QED) is 0.266. The fraction of sp³-hybridized carbons (Fsp3) is 0.500. The number of fused-ring (bicyclic) bond motifs is 2. The smallest absolute Gasteiger partial charge is 0.323 e. The molecule has 8 nitrogen and oxygen atoms in total. The molecule has 2 aromatic carbocycles. The van der Waals surface area contributed by atoms with E-state index in [0.29, 0.717) is 18.6 Å². The Hall–Kier alpha value is -2.67. The van der Waals surface area contributed by atoms with E-state index in [1.807, 2.05) is 13.8 Å². The molecule has 3 aliphatic carbocycles. The average Bonchev–Trinajstić information content (AvgIpc) is 2.91. The summed E-state index contributed by atoms with van der Waals surface area (Å²) in [5.74, 6) is -6.72. The Kier molecular flexibility index (Phi) is 9.08. The fourth-order valence-corrected chi connectivity index (χ4v) is 8.17. The molecule has 3 saturated carbocycles. The van der Waals surface area contributed by atoms with E-state index in [9.17, 15) is 36.3 Å². The average molecular weight is 617 g/mol. The van der Waals surface area contributed by atoms with Crippen molar-refractivity contribution in [3.63, 3.8) is 0 Å². The maximum atomic E-state index is 13.6. The minimum absolute atomic E-state index is 0.0848. The number of anilines is 1. The molecule has 224 valence electrons. The zero-order valence-electron chi connectivity index (χ0n) is 22.7. The van der Waals surface area contributed by atoms with Gasteiger partial charge in [-0.1, -0.05) is 25.4 Å². The van der Waals surface area contributed by atoms with Crippen LogP contribution in [0.25, 0.3) is 0 Å². The highest BCUT2D eigenvalue weighted by Gasteiger charge is 2.60. The first kappa shape index (κ1) is 31.3. The molecule has 13 heteroatoms. The van der Waals surface area contributed by atoms with Crippen LogP contribution in [0.1, 0.15) is 50.4 Å². The zero-order valence-corrected chi connectivity index (χ0v) is 24.3. The van der Waals surface area contributed by atoms with Crippen LogP contribution < -0.4 is 10.6 Å². The van der Waals surface area contributed by atoms with Gasteiger partial charge in [0.15, 0.2) is 27.3 Å². The number of carbonyl (C=O) groups excluding carboxylic acids is 2. The van der Waals surface area contributed by atoms with Gasteiger partial charge in [-0.05, 0) is 62.1 Å². The van der Waals surface area contributed by atoms with Crippen LogP contribution in [-0.2, 0) is 19.4 Å². The van der Waals surface area contributed by atoms with Gasteiger partial charge in [-0.3, -0.25) is 9.59 Å². The van der Waals surface area contributed by atoms with Gasteiger partial charge in [0.05, 0.1) is 27.4 Å². The van der Waals surface area contributed by atoms with E-state index in [-0.39, 0.29) is 64.9 Å². The van der Waals surface area contributed by atoms with Crippen LogP contribution in [0, 0.1) is 35.2 Å². The molecule has 0 aliphatic heterocycles. The first-order valence-electron chi connectivity index (χ1n) is 13.3. The first-order chi connectivity index (χ1) is 19.2. The lowest BCUT2D eigenvalue weighted by molar-refractivity contribution is -0.175. The first-order valence-corrected chi connectivity index (χ1v) is 15.2. The number of amides is 1. The Labute approximate surface area is 241 Å². The van der Waals surface area contributed by atoms with Crippen molar-refractivity contribution in [3.05, 3.63) is 58.4 Å². The molecule has 2 aromatic rings. The lowest BCUT2D eigenvalue weighted by Gasteiger charge is -2.58. The largest absolute Gasteiger partial charge is 0.465 e. The third-order valence-corrected chi connectivity index (χ3v) is 10.7. The predicted octanol–water partition coefficient (Wildman–Crippen LogP) is 4.49. The lowest BCUT2D eigenvalue weighted by atomic mass is 9.53. The van der Waals surface area contributed by atoms with Crippen molar-refractivity contribution in [1.29, 1.82) is 0 Å². The van der Waals surface area contributed by atoms with Gasteiger partial charge in [0.25, 0.3) is 5.91 Å².